The summed E-state index contributed by atoms with van der Waals surface area (Å²) in [5.74, 6) is -1.87. The highest BCUT2D eigenvalue weighted by atomic mass is 32.2. The van der Waals surface area contributed by atoms with Gasteiger partial charge in [0.25, 0.3) is 0 Å². The van der Waals surface area contributed by atoms with Crippen molar-refractivity contribution in [3.8, 4) is 0 Å². The van der Waals surface area contributed by atoms with E-state index in [1.54, 1.807) is 13.2 Å². The summed E-state index contributed by atoms with van der Waals surface area (Å²) in [5, 5.41) is 18.2. The molecule has 0 spiro atoms. The van der Waals surface area contributed by atoms with E-state index in [9.17, 15) is 14.7 Å². The molecule has 0 aromatic rings. The van der Waals surface area contributed by atoms with Crippen LogP contribution in [0.5, 0.6) is 0 Å². The highest BCUT2D eigenvalue weighted by molar-refractivity contribution is 8.22. The maximum Gasteiger partial charge on any atom is 0.354 e. The lowest BCUT2D eigenvalue weighted by molar-refractivity contribution is -0.156. The Morgan fingerprint density at radius 3 is 2.69 bits per heavy atom. The second-order valence-electron chi connectivity index (χ2n) is 3.63. The minimum Gasteiger partial charge on any atom is -0.477 e. The van der Waals surface area contributed by atoms with E-state index in [0.717, 1.165) is 0 Å². The number of carboxylic acid groups (broad SMARTS) is 1. The van der Waals surface area contributed by atoms with Crippen molar-refractivity contribution in [1.82, 2.24) is 4.90 Å². The van der Waals surface area contributed by atoms with Gasteiger partial charge >= 0.3 is 5.97 Å². The first-order valence-corrected chi connectivity index (χ1v) is 6.78. The molecule has 0 unspecified atom stereocenters. The topological polar surface area (TPSA) is 77.8 Å². The van der Waals surface area contributed by atoms with Gasteiger partial charge in [0.2, 0.25) is 5.91 Å². The molecule has 0 aliphatic carbocycles. The van der Waals surface area contributed by atoms with Crippen molar-refractivity contribution < 1.29 is 19.8 Å². The fourth-order valence-electron chi connectivity index (χ4n) is 1.89. The first-order valence-electron chi connectivity index (χ1n) is 4.68. The maximum absolute atomic E-state index is 11.7. The van der Waals surface area contributed by atoms with Gasteiger partial charge in [-0.1, -0.05) is 11.8 Å². The maximum atomic E-state index is 11.7. The molecule has 2 rings (SSSR count). The number of hydrogen-bond acceptors (Lipinski definition) is 5. The number of amides is 1. The number of aliphatic carboxylic acids is 1. The molecular weight excluding hydrogens is 250 g/mol. The van der Waals surface area contributed by atoms with Crippen molar-refractivity contribution in [1.29, 1.82) is 0 Å². The van der Waals surface area contributed by atoms with Crippen molar-refractivity contribution in [3.63, 3.8) is 0 Å². The normalized spacial score (nSPS) is 30.2. The first-order chi connectivity index (χ1) is 7.49. The average molecular weight is 261 g/mol. The Hall–Kier alpha value is -0.660. The zero-order valence-corrected chi connectivity index (χ0v) is 10.3. The third kappa shape index (κ3) is 1.46. The summed E-state index contributed by atoms with van der Waals surface area (Å²) >= 11 is 2.66. The van der Waals surface area contributed by atoms with Crippen LogP contribution in [0.1, 0.15) is 6.92 Å². The summed E-state index contributed by atoms with van der Waals surface area (Å²) in [6.45, 7) is 1.55. The van der Waals surface area contributed by atoms with Gasteiger partial charge in [-0.2, -0.15) is 0 Å². The fraction of sp³-hybridized carbons (Fsp3) is 0.556. The van der Waals surface area contributed by atoms with Gasteiger partial charge in [0.1, 0.15) is 5.37 Å². The van der Waals surface area contributed by atoms with Gasteiger partial charge in [-0.15, -0.1) is 11.8 Å². The number of aliphatic hydroxyl groups is 1. The highest BCUT2D eigenvalue weighted by Gasteiger charge is 2.57. The molecule has 2 N–H and O–H groups in total. The van der Waals surface area contributed by atoms with Crippen molar-refractivity contribution in [2.45, 2.75) is 18.4 Å². The third-order valence-corrected chi connectivity index (χ3v) is 5.16. The molecule has 0 radical (unpaired) electrons. The number of β-lactam (4-membered cyclic amide) rings is 1. The van der Waals surface area contributed by atoms with E-state index >= 15 is 0 Å². The van der Waals surface area contributed by atoms with Gasteiger partial charge < -0.3 is 10.2 Å². The number of thioether (sulfide) groups is 2. The number of carbonyl (C=O) groups is 2. The number of nitrogens with zero attached hydrogens (tertiary/aromatic N) is 1. The quantitative estimate of drug-likeness (QED) is 0.721. The van der Waals surface area contributed by atoms with E-state index < -0.39 is 18.0 Å². The first kappa shape index (κ1) is 11.8. The Morgan fingerprint density at radius 2 is 2.25 bits per heavy atom. The van der Waals surface area contributed by atoms with Crippen LogP contribution in [0.4, 0.5) is 0 Å². The molecule has 16 heavy (non-hydrogen) atoms. The van der Waals surface area contributed by atoms with Crippen molar-refractivity contribution in [3.05, 3.63) is 9.93 Å². The number of carboxylic acids is 1. The molecule has 0 aromatic carbocycles. The summed E-state index contributed by atoms with van der Waals surface area (Å²) in [6, 6.07) is 0. The van der Waals surface area contributed by atoms with Crippen LogP contribution in [0.15, 0.2) is 9.93 Å². The second-order valence-corrected chi connectivity index (χ2v) is 5.83. The number of fused-ring (bicyclic) bond motifs is 1. The predicted molar refractivity (Wildman–Crippen MR) is 61.6 cm³/mol. The zero-order chi connectivity index (χ0) is 12.0. The van der Waals surface area contributed by atoms with Crippen LogP contribution in [0.2, 0.25) is 0 Å². The Balaban J connectivity index is 2.29. The molecule has 2 aliphatic heterocycles. The lowest BCUT2D eigenvalue weighted by Crippen LogP contribution is -2.60. The van der Waals surface area contributed by atoms with E-state index in [1.807, 2.05) is 0 Å². The standard InChI is InChI=1S/C9H11NO4S2/c1-3(11)4-6(12)10-5(8(13)14)9(15-2)16-7(4)10/h3-4,7,11H,1-2H3,(H,13,14)/t3-,4+,7-/m1/s1. The average Bonchev–Trinajstić information content (AvgIpc) is 2.51. The number of rotatable bonds is 3. The van der Waals surface area contributed by atoms with Gasteiger partial charge in [-0.05, 0) is 13.2 Å². The van der Waals surface area contributed by atoms with Crippen LogP contribution >= 0.6 is 23.5 Å². The monoisotopic (exact) mass is 261 g/mol. The van der Waals surface area contributed by atoms with Crippen LogP contribution in [0, 0.1) is 5.92 Å². The molecule has 1 amide bonds. The second kappa shape index (κ2) is 3.97. The minimum atomic E-state index is -1.09. The van der Waals surface area contributed by atoms with E-state index in [0.29, 0.717) is 4.24 Å². The van der Waals surface area contributed by atoms with Crippen molar-refractivity contribution in [2.24, 2.45) is 5.92 Å². The van der Waals surface area contributed by atoms with Crippen molar-refractivity contribution >= 4 is 35.4 Å². The number of aliphatic hydroxyl groups excluding tert-OH is 1. The largest absolute Gasteiger partial charge is 0.477 e. The van der Waals surface area contributed by atoms with E-state index in [2.05, 4.69) is 0 Å². The molecule has 5 nitrogen and oxygen atoms in total. The van der Waals surface area contributed by atoms with Crippen molar-refractivity contribution in [2.75, 3.05) is 6.26 Å². The van der Waals surface area contributed by atoms with E-state index in [-0.39, 0.29) is 17.0 Å². The molecular formula is C9H11NO4S2. The summed E-state index contributed by atoms with van der Waals surface area (Å²) in [6.07, 6.45) is 1.04. The Kier molecular flexibility index (Phi) is 2.93. The van der Waals surface area contributed by atoms with Crippen LogP contribution in [-0.4, -0.2) is 44.7 Å². The predicted octanol–water partition coefficient (Wildman–Crippen LogP) is 0.515. The van der Waals surface area contributed by atoms with Gasteiger partial charge in [-0.3, -0.25) is 9.69 Å². The zero-order valence-electron chi connectivity index (χ0n) is 8.71. The lowest BCUT2D eigenvalue weighted by atomic mass is 9.92. The molecule has 2 heterocycles. The van der Waals surface area contributed by atoms with Crippen LogP contribution < -0.4 is 0 Å². The molecule has 3 atom stereocenters. The number of carbonyl (C=O) groups excluding carboxylic acids is 1. The molecule has 88 valence electrons. The molecule has 2 aliphatic rings. The molecule has 0 saturated carbocycles. The lowest BCUT2D eigenvalue weighted by Gasteiger charge is -2.43. The Bertz CT molecular complexity index is 393. The Morgan fingerprint density at radius 1 is 1.62 bits per heavy atom. The summed E-state index contributed by atoms with van der Waals surface area (Å²) < 4.78 is 0.633. The minimum absolute atomic E-state index is 0.0596. The smallest absolute Gasteiger partial charge is 0.354 e. The Labute approximate surface area is 101 Å². The molecule has 1 saturated heterocycles. The summed E-state index contributed by atoms with van der Waals surface area (Å²) in [7, 11) is 0. The van der Waals surface area contributed by atoms with Crippen LogP contribution in [0.25, 0.3) is 0 Å². The van der Waals surface area contributed by atoms with Gasteiger partial charge in [0.15, 0.2) is 5.70 Å². The highest BCUT2D eigenvalue weighted by Crippen LogP contribution is 2.53. The molecule has 0 aromatic heterocycles. The van der Waals surface area contributed by atoms with Gasteiger partial charge in [-0.25, -0.2) is 4.79 Å². The van der Waals surface area contributed by atoms with Gasteiger partial charge in [0.05, 0.1) is 16.3 Å². The number of hydrogen-bond donors (Lipinski definition) is 2. The van der Waals surface area contributed by atoms with Gasteiger partial charge in [0, 0.05) is 0 Å². The fourth-order valence-corrected chi connectivity index (χ4v) is 4.27. The SMILES string of the molecule is CSC1=C(C(=O)O)N2C(=O)[C@H]([C@@H](C)O)[C@H]2S1. The van der Waals surface area contributed by atoms with E-state index in [1.165, 1.54) is 28.4 Å². The third-order valence-electron chi connectivity index (χ3n) is 2.65. The molecule has 1 fully saturated rings. The van der Waals surface area contributed by atoms with Crippen LogP contribution in [-0.2, 0) is 9.59 Å². The van der Waals surface area contributed by atoms with Crippen LogP contribution in [0.3, 0.4) is 0 Å². The summed E-state index contributed by atoms with van der Waals surface area (Å²) in [5.41, 5.74) is 0.0596. The summed E-state index contributed by atoms with van der Waals surface area (Å²) in [4.78, 5) is 24.0. The molecule has 7 heteroatoms. The van der Waals surface area contributed by atoms with E-state index in [4.69, 9.17) is 5.11 Å². The molecule has 0 bridgehead atoms.